The van der Waals surface area contributed by atoms with Gasteiger partial charge in [0.25, 0.3) is 0 Å². The Bertz CT molecular complexity index is 825. The molecule has 0 fully saturated rings. The van der Waals surface area contributed by atoms with E-state index in [4.69, 9.17) is 35.4 Å². The van der Waals surface area contributed by atoms with Gasteiger partial charge in [0.05, 0.1) is 11.0 Å². The zero-order valence-corrected chi connectivity index (χ0v) is 15.3. The van der Waals surface area contributed by atoms with Crippen molar-refractivity contribution < 1.29 is 0 Å². The van der Waals surface area contributed by atoms with Gasteiger partial charge in [-0.1, -0.05) is 48.3 Å². The number of para-hydroxylation sites is 2. The highest BCUT2D eigenvalue weighted by molar-refractivity contribution is 7.80. The number of imidazole rings is 1. The number of hydrogen-bond acceptors (Lipinski definition) is 2. The molecule has 1 heterocycles. The lowest BCUT2D eigenvalue weighted by Crippen LogP contribution is -2.32. The van der Waals surface area contributed by atoms with Crippen molar-refractivity contribution in [1.82, 2.24) is 15.3 Å². The Labute approximate surface area is 155 Å². The van der Waals surface area contributed by atoms with Crippen molar-refractivity contribution in [2.75, 3.05) is 11.9 Å². The maximum absolute atomic E-state index is 6.24. The van der Waals surface area contributed by atoms with Gasteiger partial charge in [-0.05, 0) is 42.0 Å². The van der Waals surface area contributed by atoms with E-state index in [2.05, 4.69) is 20.6 Å². The van der Waals surface area contributed by atoms with Crippen LogP contribution in [0.1, 0.15) is 18.4 Å². The number of nitrogens with one attached hydrogen (secondary N) is 3. The molecule has 4 nitrogen and oxygen atoms in total. The molecule has 0 aliphatic heterocycles. The van der Waals surface area contributed by atoms with Crippen LogP contribution in [0.5, 0.6) is 0 Å². The number of benzene rings is 2. The molecule has 1 atom stereocenters. The van der Waals surface area contributed by atoms with Gasteiger partial charge in [0, 0.05) is 22.5 Å². The summed E-state index contributed by atoms with van der Waals surface area (Å²) in [6.07, 6.45) is 0. The van der Waals surface area contributed by atoms with E-state index >= 15 is 0 Å². The molecule has 7 heteroatoms. The third kappa shape index (κ3) is 3.80. The van der Waals surface area contributed by atoms with E-state index in [-0.39, 0.29) is 5.92 Å². The zero-order chi connectivity index (χ0) is 17.1. The van der Waals surface area contributed by atoms with Crippen LogP contribution in [0.3, 0.4) is 0 Å². The summed E-state index contributed by atoms with van der Waals surface area (Å²) < 4.78 is 0. The summed E-state index contributed by atoms with van der Waals surface area (Å²) in [4.78, 5) is 7.60. The highest BCUT2D eigenvalue weighted by atomic mass is 35.5. The minimum Gasteiger partial charge on any atom is -0.362 e. The maximum atomic E-state index is 6.24. The predicted molar refractivity (Wildman–Crippen MR) is 105 cm³/mol. The lowest BCUT2D eigenvalue weighted by Gasteiger charge is -2.17. The molecule has 2 aromatic carbocycles. The van der Waals surface area contributed by atoms with Crippen LogP contribution in [0.25, 0.3) is 11.0 Å². The normalized spacial score (nSPS) is 12.1. The van der Waals surface area contributed by atoms with Gasteiger partial charge < -0.3 is 15.6 Å². The van der Waals surface area contributed by atoms with Crippen LogP contribution in [-0.2, 0) is 0 Å². The number of thiocarbonyl (C=S) groups is 1. The van der Waals surface area contributed by atoms with Crippen molar-refractivity contribution in [3.63, 3.8) is 0 Å². The van der Waals surface area contributed by atoms with Crippen LogP contribution in [0.2, 0.25) is 10.0 Å². The molecule has 0 radical (unpaired) electrons. The van der Waals surface area contributed by atoms with E-state index in [1.165, 1.54) is 0 Å². The molecule has 0 amide bonds. The summed E-state index contributed by atoms with van der Waals surface area (Å²) in [5.74, 6) is 0.721. The minimum absolute atomic E-state index is 0.113. The fraction of sp³-hybridized carbons (Fsp3) is 0.176. The number of fused-ring (bicyclic) bond motifs is 1. The van der Waals surface area contributed by atoms with E-state index in [9.17, 15) is 0 Å². The van der Waals surface area contributed by atoms with Crippen LogP contribution in [0.4, 0.5) is 5.95 Å². The number of aromatic nitrogens is 2. The minimum atomic E-state index is 0.113. The van der Waals surface area contributed by atoms with Gasteiger partial charge in [-0.3, -0.25) is 0 Å². The van der Waals surface area contributed by atoms with Crippen molar-refractivity contribution in [3.8, 4) is 0 Å². The first kappa shape index (κ1) is 17.0. The lowest BCUT2D eigenvalue weighted by atomic mass is 10.0. The van der Waals surface area contributed by atoms with Crippen LogP contribution in [0.15, 0.2) is 42.5 Å². The summed E-state index contributed by atoms with van der Waals surface area (Å²) >= 11 is 17.8. The molecule has 0 saturated heterocycles. The number of hydrogen-bond donors (Lipinski definition) is 3. The largest absolute Gasteiger partial charge is 0.362 e. The summed E-state index contributed by atoms with van der Waals surface area (Å²) in [5, 5.41) is 8.04. The standard InChI is InChI=1S/C17H16Cl2N4S/c1-10(15-11(18)5-4-6-12(15)19)9-20-17(24)23-16-21-13-7-2-3-8-14(13)22-16/h2-8,10H,9H2,1H3,(H3,20,21,22,23,24). The fourth-order valence-electron chi connectivity index (χ4n) is 2.49. The summed E-state index contributed by atoms with van der Waals surface area (Å²) in [6, 6.07) is 13.3. The molecule has 0 bridgehead atoms. The van der Waals surface area contributed by atoms with Crippen LogP contribution < -0.4 is 10.6 Å². The predicted octanol–water partition coefficient (Wildman–Crippen LogP) is 4.96. The second kappa shape index (κ2) is 7.38. The fourth-order valence-corrected chi connectivity index (χ4v) is 3.44. The van der Waals surface area contributed by atoms with Crippen LogP contribution in [0, 0.1) is 0 Å². The van der Waals surface area contributed by atoms with E-state index in [1.54, 1.807) is 0 Å². The van der Waals surface area contributed by atoms with Gasteiger partial charge in [0.2, 0.25) is 5.95 Å². The highest BCUT2D eigenvalue weighted by Gasteiger charge is 2.14. The molecule has 1 unspecified atom stereocenters. The summed E-state index contributed by atoms with van der Waals surface area (Å²) in [5.41, 5.74) is 2.76. The van der Waals surface area contributed by atoms with Crippen molar-refractivity contribution in [2.24, 2.45) is 0 Å². The molecule has 0 aliphatic carbocycles. The Hall–Kier alpha value is -1.82. The summed E-state index contributed by atoms with van der Waals surface area (Å²) in [7, 11) is 0. The second-order valence-electron chi connectivity index (χ2n) is 5.47. The molecular formula is C17H16Cl2N4S. The maximum Gasteiger partial charge on any atom is 0.207 e. The van der Waals surface area contributed by atoms with Gasteiger partial charge >= 0.3 is 0 Å². The van der Waals surface area contributed by atoms with Crippen molar-refractivity contribution >= 4 is 57.5 Å². The topological polar surface area (TPSA) is 52.7 Å². The number of rotatable bonds is 4. The van der Waals surface area contributed by atoms with Crippen molar-refractivity contribution in [1.29, 1.82) is 0 Å². The third-order valence-corrected chi connectivity index (χ3v) is 4.59. The molecular weight excluding hydrogens is 363 g/mol. The Morgan fingerprint density at radius 1 is 1.17 bits per heavy atom. The number of nitrogens with zero attached hydrogens (tertiary/aromatic N) is 1. The van der Waals surface area contributed by atoms with Gasteiger partial charge in [0.15, 0.2) is 5.11 Å². The summed E-state index contributed by atoms with van der Waals surface area (Å²) in [6.45, 7) is 2.65. The Morgan fingerprint density at radius 3 is 2.58 bits per heavy atom. The van der Waals surface area contributed by atoms with Crippen molar-refractivity contribution in [2.45, 2.75) is 12.8 Å². The Balaban J connectivity index is 1.61. The molecule has 3 rings (SSSR count). The molecule has 3 aromatic rings. The Morgan fingerprint density at radius 2 is 1.88 bits per heavy atom. The van der Waals surface area contributed by atoms with E-state index in [0.29, 0.717) is 27.7 Å². The van der Waals surface area contributed by atoms with Gasteiger partial charge in [-0.25, -0.2) is 4.98 Å². The zero-order valence-electron chi connectivity index (χ0n) is 12.9. The number of anilines is 1. The number of halogens is 2. The molecule has 0 spiro atoms. The first-order chi connectivity index (χ1) is 11.5. The van der Waals surface area contributed by atoms with E-state index in [0.717, 1.165) is 16.6 Å². The van der Waals surface area contributed by atoms with Gasteiger partial charge in [-0.15, -0.1) is 0 Å². The highest BCUT2D eigenvalue weighted by Crippen LogP contribution is 2.30. The number of aromatic amines is 1. The molecule has 3 N–H and O–H groups in total. The molecule has 24 heavy (non-hydrogen) atoms. The average Bonchev–Trinajstić information content (AvgIpc) is 2.95. The molecule has 0 aliphatic rings. The monoisotopic (exact) mass is 378 g/mol. The average molecular weight is 379 g/mol. The lowest BCUT2D eigenvalue weighted by molar-refractivity contribution is 0.723. The number of H-pyrrole nitrogens is 1. The van der Waals surface area contributed by atoms with Crippen LogP contribution >= 0.6 is 35.4 Å². The van der Waals surface area contributed by atoms with Crippen molar-refractivity contribution in [3.05, 3.63) is 58.1 Å². The second-order valence-corrected chi connectivity index (χ2v) is 6.70. The molecule has 1 aromatic heterocycles. The smallest absolute Gasteiger partial charge is 0.207 e. The quantitative estimate of drug-likeness (QED) is 0.561. The van der Waals surface area contributed by atoms with Gasteiger partial charge in [0.1, 0.15) is 0 Å². The first-order valence-electron chi connectivity index (χ1n) is 7.48. The van der Waals surface area contributed by atoms with Gasteiger partial charge in [-0.2, -0.15) is 0 Å². The SMILES string of the molecule is CC(CNC(=S)Nc1nc2ccccc2[nH]1)c1c(Cl)cccc1Cl. The first-order valence-corrected chi connectivity index (χ1v) is 8.64. The Kier molecular flexibility index (Phi) is 5.23. The van der Waals surface area contributed by atoms with E-state index in [1.807, 2.05) is 49.4 Å². The van der Waals surface area contributed by atoms with E-state index < -0.39 is 0 Å². The van der Waals surface area contributed by atoms with Crippen LogP contribution in [-0.4, -0.2) is 21.6 Å². The molecule has 0 saturated carbocycles. The molecule has 124 valence electrons. The third-order valence-electron chi connectivity index (χ3n) is 3.68.